The van der Waals surface area contributed by atoms with Crippen LogP contribution in [0.5, 0.6) is 0 Å². The van der Waals surface area contributed by atoms with Gasteiger partial charge in [-0.3, -0.25) is 9.59 Å². The quantitative estimate of drug-likeness (QED) is 0.498. The molecule has 6 heteroatoms. The molecule has 0 unspecified atom stereocenters. The molecule has 108 valence electrons. The van der Waals surface area contributed by atoms with Crippen molar-refractivity contribution in [1.82, 2.24) is 5.43 Å². The van der Waals surface area contributed by atoms with Crippen LogP contribution in [0.4, 0.5) is 5.69 Å². The summed E-state index contributed by atoms with van der Waals surface area (Å²) in [7, 11) is 0. The number of benzene rings is 1. The molecule has 2 N–H and O–H groups in total. The number of anilines is 1. The first-order chi connectivity index (χ1) is 9.52. The molecule has 0 aliphatic carbocycles. The second-order valence-corrected chi connectivity index (χ2v) is 4.79. The van der Waals surface area contributed by atoms with Gasteiger partial charge < -0.3 is 5.32 Å². The minimum Gasteiger partial charge on any atom is -0.318 e. The highest BCUT2D eigenvalue weighted by Crippen LogP contribution is 2.14. The standard InChI is InChI=1S/C14H18ClN3O2/c1-3-4-6-10(2)17-18-14(20)13(19)16-12-8-5-7-11(15)9-12/h5,7-9H,3-4,6H2,1-2H3,(H,16,19)(H,18,20)/b17-10-. The van der Waals surface area contributed by atoms with Crippen LogP contribution in [0, 0.1) is 0 Å². The Morgan fingerprint density at radius 1 is 1.30 bits per heavy atom. The number of hydrogen-bond acceptors (Lipinski definition) is 3. The Balaban J connectivity index is 2.49. The zero-order chi connectivity index (χ0) is 15.0. The Morgan fingerprint density at radius 3 is 2.70 bits per heavy atom. The molecule has 1 aromatic rings. The van der Waals surface area contributed by atoms with Gasteiger partial charge in [0.1, 0.15) is 0 Å². The molecule has 1 rings (SSSR count). The van der Waals surface area contributed by atoms with Gasteiger partial charge in [0, 0.05) is 16.4 Å². The van der Waals surface area contributed by atoms with Crippen molar-refractivity contribution < 1.29 is 9.59 Å². The van der Waals surface area contributed by atoms with Crippen LogP contribution >= 0.6 is 11.6 Å². The number of rotatable bonds is 5. The summed E-state index contributed by atoms with van der Waals surface area (Å²) in [5.41, 5.74) is 3.48. The summed E-state index contributed by atoms with van der Waals surface area (Å²) < 4.78 is 0. The molecule has 0 saturated carbocycles. The van der Waals surface area contributed by atoms with E-state index in [4.69, 9.17) is 11.6 Å². The van der Waals surface area contributed by atoms with Crippen LogP contribution in [0.2, 0.25) is 5.02 Å². The lowest BCUT2D eigenvalue weighted by molar-refractivity contribution is -0.136. The van der Waals surface area contributed by atoms with Crippen molar-refractivity contribution in [2.45, 2.75) is 33.1 Å². The Labute approximate surface area is 123 Å². The molecule has 0 spiro atoms. The number of nitrogens with zero attached hydrogens (tertiary/aromatic N) is 1. The summed E-state index contributed by atoms with van der Waals surface area (Å²) >= 11 is 5.79. The van der Waals surface area contributed by atoms with Crippen molar-refractivity contribution in [1.29, 1.82) is 0 Å². The minimum absolute atomic E-state index is 0.462. The van der Waals surface area contributed by atoms with Crippen molar-refractivity contribution in [2.75, 3.05) is 5.32 Å². The molecule has 20 heavy (non-hydrogen) atoms. The number of halogens is 1. The van der Waals surface area contributed by atoms with E-state index in [9.17, 15) is 9.59 Å². The Bertz CT molecular complexity index is 515. The van der Waals surface area contributed by atoms with Crippen LogP contribution < -0.4 is 10.7 Å². The first-order valence-electron chi connectivity index (χ1n) is 6.43. The third-order valence-electron chi connectivity index (χ3n) is 2.53. The van der Waals surface area contributed by atoms with Crippen molar-refractivity contribution in [3.63, 3.8) is 0 Å². The van der Waals surface area contributed by atoms with Gasteiger partial charge in [-0.15, -0.1) is 0 Å². The summed E-state index contributed by atoms with van der Waals surface area (Å²) in [4.78, 5) is 23.2. The maximum atomic E-state index is 11.6. The first kappa shape index (κ1) is 16.2. The largest absolute Gasteiger partial charge is 0.329 e. The van der Waals surface area contributed by atoms with Crippen LogP contribution in [0.3, 0.4) is 0 Å². The fourth-order valence-electron chi connectivity index (χ4n) is 1.44. The number of carbonyl (C=O) groups is 2. The van der Waals surface area contributed by atoms with E-state index in [1.807, 2.05) is 6.92 Å². The van der Waals surface area contributed by atoms with Gasteiger partial charge in [0.15, 0.2) is 0 Å². The fourth-order valence-corrected chi connectivity index (χ4v) is 1.63. The molecule has 0 radical (unpaired) electrons. The molecule has 0 fully saturated rings. The van der Waals surface area contributed by atoms with E-state index in [0.717, 1.165) is 25.0 Å². The van der Waals surface area contributed by atoms with Crippen LogP contribution in [0.1, 0.15) is 33.1 Å². The van der Waals surface area contributed by atoms with Crippen LogP contribution in [-0.2, 0) is 9.59 Å². The van der Waals surface area contributed by atoms with E-state index in [-0.39, 0.29) is 0 Å². The summed E-state index contributed by atoms with van der Waals surface area (Å²) in [5, 5.41) is 6.80. The van der Waals surface area contributed by atoms with Gasteiger partial charge in [0.2, 0.25) is 0 Å². The van der Waals surface area contributed by atoms with E-state index in [1.165, 1.54) is 0 Å². The van der Waals surface area contributed by atoms with E-state index in [1.54, 1.807) is 24.3 Å². The lowest BCUT2D eigenvalue weighted by Crippen LogP contribution is -2.32. The monoisotopic (exact) mass is 295 g/mol. The maximum Gasteiger partial charge on any atom is 0.329 e. The Kier molecular flexibility index (Phi) is 6.73. The first-order valence-corrected chi connectivity index (χ1v) is 6.80. The molecule has 0 atom stereocenters. The number of hydrazone groups is 1. The molecule has 0 aliphatic heterocycles. The van der Waals surface area contributed by atoms with Crippen molar-refractivity contribution in [2.24, 2.45) is 5.10 Å². The molecule has 2 amide bonds. The predicted molar refractivity (Wildman–Crippen MR) is 80.9 cm³/mol. The molecule has 5 nitrogen and oxygen atoms in total. The van der Waals surface area contributed by atoms with Gasteiger partial charge in [-0.1, -0.05) is 31.0 Å². The van der Waals surface area contributed by atoms with Crippen molar-refractivity contribution in [3.8, 4) is 0 Å². The normalized spacial score (nSPS) is 11.1. The molecule has 0 saturated heterocycles. The molecule has 0 aliphatic rings. The summed E-state index contributed by atoms with van der Waals surface area (Å²) in [6.45, 7) is 3.88. The van der Waals surface area contributed by atoms with Gasteiger partial charge in [-0.25, -0.2) is 5.43 Å². The van der Waals surface area contributed by atoms with Gasteiger partial charge in [0.25, 0.3) is 0 Å². The van der Waals surface area contributed by atoms with E-state index in [0.29, 0.717) is 10.7 Å². The number of nitrogens with one attached hydrogen (secondary N) is 2. The molecular formula is C14H18ClN3O2. The SMILES string of the molecule is CCCC/C(C)=N\NC(=O)C(=O)Nc1cccc(Cl)c1. The highest BCUT2D eigenvalue weighted by Gasteiger charge is 2.13. The van der Waals surface area contributed by atoms with Crippen LogP contribution in [0.15, 0.2) is 29.4 Å². The summed E-state index contributed by atoms with van der Waals surface area (Å²) in [6.07, 6.45) is 2.85. The van der Waals surface area contributed by atoms with E-state index >= 15 is 0 Å². The lowest BCUT2D eigenvalue weighted by Gasteiger charge is -2.05. The van der Waals surface area contributed by atoms with Crippen molar-refractivity contribution in [3.05, 3.63) is 29.3 Å². The van der Waals surface area contributed by atoms with Gasteiger partial charge >= 0.3 is 11.8 Å². The molecule has 0 heterocycles. The van der Waals surface area contributed by atoms with Gasteiger partial charge in [0.05, 0.1) is 0 Å². The van der Waals surface area contributed by atoms with Crippen LogP contribution in [-0.4, -0.2) is 17.5 Å². The fraction of sp³-hybridized carbons (Fsp3) is 0.357. The zero-order valence-corrected chi connectivity index (χ0v) is 12.3. The Morgan fingerprint density at radius 2 is 2.05 bits per heavy atom. The second kappa shape index (κ2) is 8.32. The highest BCUT2D eigenvalue weighted by atomic mass is 35.5. The van der Waals surface area contributed by atoms with Crippen molar-refractivity contribution >= 4 is 34.8 Å². The topological polar surface area (TPSA) is 70.6 Å². The third-order valence-corrected chi connectivity index (χ3v) is 2.76. The lowest BCUT2D eigenvalue weighted by atomic mass is 10.2. The van der Waals surface area contributed by atoms with E-state index in [2.05, 4.69) is 22.8 Å². The Hall–Kier alpha value is -1.88. The van der Waals surface area contributed by atoms with Gasteiger partial charge in [-0.2, -0.15) is 5.10 Å². The highest BCUT2D eigenvalue weighted by molar-refractivity contribution is 6.39. The smallest absolute Gasteiger partial charge is 0.318 e. The number of amides is 2. The number of unbranched alkanes of at least 4 members (excludes halogenated alkanes) is 1. The van der Waals surface area contributed by atoms with E-state index < -0.39 is 11.8 Å². The third kappa shape index (κ3) is 5.84. The number of carbonyl (C=O) groups excluding carboxylic acids is 2. The van der Waals surface area contributed by atoms with Crippen LogP contribution in [0.25, 0.3) is 0 Å². The molecular weight excluding hydrogens is 278 g/mol. The maximum absolute atomic E-state index is 11.6. The average Bonchev–Trinajstić information content (AvgIpc) is 2.42. The van der Waals surface area contributed by atoms with Gasteiger partial charge in [-0.05, 0) is 38.0 Å². The summed E-state index contributed by atoms with van der Waals surface area (Å²) in [6, 6.07) is 6.57. The predicted octanol–water partition coefficient (Wildman–Crippen LogP) is 2.96. The molecule has 1 aromatic carbocycles. The second-order valence-electron chi connectivity index (χ2n) is 4.36. The minimum atomic E-state index is -0.805. The molecule has 0 bridgehead atoms. The summed E-state index contributed by atoms with van der Waals surface area (Å²) in [5.74, 6) is -1.58. The number of hydrogen-bond donors (Lipinski definition) is 2. The average molecular weight is 296 g/mol. The zero-order valence-electron chi connectivity index (χ0n) is 11.6. The molecule has 0 aromatic heterocycles.